The summed E-state index contributed by atoms with van der Waals surface area (Å²) in [6, 6.07) is 8.25. The third-order valence-corrected chi connectivity index (χ3v) is 7.36. The summed E-state index contributed by atoms with van der Waals surface area (Å²) in [4.78, 5) is 36.6. The number of hydrogen-bond donors (Lipinski definition) is 1. The molecule has 0 aliphatic carbocycles. The fraction of sp³-hybridized carbons (Fsp3) is 0.345. The van der Waals surface area contributed by atoms with Crippen molar-refractivity contribution in [2.45, 2.75) is 52.5 Å². The molecule has 3 aromatic heterocycles. The molecule has 0 saturated carbocycles. The predicted molar refractivity (Wildman–Crippen MR) is 145 cm³/mol. The van der Waals surface area contributed by atoms with Gasteiger partial charge in [0.15, 0.2) is 11.4 Å². The smallest absolute Gasteiger partial charge is 0.290 e. The zero-order valence-corrected chi connectivity index (χ0v) is 22.6. The van der Waals surface area contributed by atoms with Gasteiger partial charge in [-0.05, 0) is 43.4 Å². The van der Waals surface area contributed by atoms with E-state index in [1.807, 2.05) is 39.0 Å². The Morgan fingerprint density at radius 1 is 1.12 bits per heavy atom. The van der Waals surface area contributed by atoms with Gasteiger partial charge in [-0.3, -0.25) is 23.8 Å². The number of aromatic nitrogens is 5. The summed E-state index contributed by atoms with van der Waals surface area (Å²) in [5.41, 5.74) is 1.51. The molecule has 0 bridgehead atoms. The monoisotopic (exact) mass is 548 g/mol. The topological polar surface area (TPSA) is 106 Å². The van der Waals surface area contributed by atoms with E-state index < -0.39 is 40.5 Å². The van der Waals surface area contributed by atoms with E-state index in [2.05, 4.69) is 15.1 Å². The van der Waals surface area contributed by atoms with Gasteiger partial charge in [-0.1, -0.05) is 32.0 Å². The number of likely N-dealkylation sites (tertiary alicyclic amines) is 1. The molecule has 0 radical (unpaired) electrons. The Morgan fingerprint density at radius 3 is 2.48 bits per heavy atom. The van der Waals surface area contributed by atoms with Crippen molar-refractivity contribution in [1.29, 1.82) is 0 Å². The Kier molecular flexibility index (Phi) is 7.46. The van der Waals surface area contributed by atoms with Crippen LogP contribution in [-0.2, 0) is 19.4 Å². The van der Waals surface area contributed by atoms with Gasteiger partial charge >= 0.3 is 0 Å². The average molecular weight is 549 g/mol. The number of nitrogens with zero attached hydrogens (tertiary/aromatic N) is 6. The standard InChI is InChI=1S/C29H30F2N6O3/c1-4-17-8-7-9-18(5-2)25(17)37-26(22-11-13-36(6-3)34-22)33-27(38)23(29(37)40)28(39)35-12-10-19(16-35)24-21(31)14-20(30)15-32-24/h7-9,11,13-15,19,40H,4-6,10,12,16H2,1-3H3. The van der Waals surface area contributed by atoms with Crippen LogP contribution in [0.2, 0.25) is 0 Å². The van der Waals surface area contributed by atoms with Crippen LogP contribution in [0.4, 0.5) is 8.78 Å². The molecule has 1 saturated heterocycles. The molecule has 208 valence electrons. The van der Waals surface area contributed by atoms with E-state index in [4.69, 9.17) is 0 Å². The Morgan fingerprint density at radius 2 is 1.85 bits per heavy atom. The molecule has 1 aliphatic rings. The molecule has 1 N–H and O–H groups in total. The number of aryl methyl sites for hydroxylation is 3. The van der Waals surface area contributed by atoms with Gasteiger partial charge in [0.05, 0.1) is 17.6 Å². The van der Waals surface area contributed by atoms with E-state index >= 15 is 0 Å². The van der Waals surface area contributed by atoms with Crippen molar-refractivity contribution in [3.05, 3.63) is 87.1 Å². The van der Waals surface area contributed by atoms with E-state index in [0.29, 0.717) is 37.2 Å². The minimum absolute atomic E-state index is 0.0572. The third-order valence-electron chi connectivity index (χ3n) is 7.36. The van der Waals surface area contributed by atoms with E-state index in [9.17, 15) is 23.5 Å². The van der Waals surface area contributed by atoms with Crippen LogP contribution >= 0.6 is 0 Å². The second-order valence-electron chi connectivity index (χ2n) is 9.72. The highest BCUT2D eigenvalue weighted by Gasteiger charge is 2.35. The second-order valence-corrected chi connectivity index (χ2v) is 9.72. The number of pyridine rings is 1. The van der Waals surface area contributed by atoms with E-state index in [0.717, 1.165) is 23.4 Å². The zero-order valence-electron chi connectivity index (χ0n) is 22.6. The molecule has 1 unspecified atom stereocenters. The van der Waals surface area contributed by atoms with Crippen molar-refractivity contribution in [2.75, 3.05) is 13.1 Å². The molecule has 4 aromatic rings. The Labute approximate surface area is 229 Å². The van der Waals surface area contributed by atoms with Crippen LogP contribution in [0.3, 0.4) is 0 Å². The molecule has 40 heavy (non-hydrogen) atoms. The Bertz CT molecular complexity index is 1630. The molecule has 9 nitrogen and oxygen atoms in total. The summed E-state index contributed by atoms with van der Waals surface area (Å²) in [5.74, 6) is -3.18. The van der Waals surface area contributed by atoms with Gasteiger partial charge in [0.1, 0.15) is 17.3 Å². The Balaban J connectivity index is 1.64. The summed E-state index contributed by atoms with van der Waals surface area (Å²) >= 11 is 0. The van der Waals surface area contributed by atoms with Crippen molar-refractivity contribution < 1.29 is 18.7 Å². The lowest BCUT2D eigenvalue weighted by molar-refractivity contribution is 0.0784. The highest BCUT2D eigenvalue weighted by Crippen LogP contribution is 2.34. The summed E-state index contributed by atoms with van der Waals surface area (Å²) in [6.45, 7) is 6.75. The second kappa shape index (κ2) is 11.0. The van der Waals surface area contributed by atoms with Crippen LogP contribution in [0.5, 0.6) is 5.88 Å². The number of benzene rings is 1. The van der Waals surface area contributed by atoms with Crippen LogP contribution < -0.4 is 5.56 Å². The first kappa shape index (κ1) is 27.2. The predicted octanol–water partition coefficient (Wildman–Crippen LogP) is 4.25. The minimum atomic E-state index is -0.888. The largest absolute Gasteiger partial charge is 0.493 e. The first-order chi connectivity index (χ1) is 19.3. The van der Waals surface area contributed by atoms with E-state index in [1.54, 1.807) is 16.9 Å². The number of carbonyl (C=O) groups is 1. The number of aromatic hydroxyl groups is 1. The maximum Gasteiger partial charge on any atom is 0.290 e. The number of amides is 1. The lowest BCUT2D eigenvalue weighted by Crippen LogP contribution is -2.34. The van der Waals surface area contributed by atoms with Crippen LogP contribution in [0, 0.1) is 11.6 Å². The van der Waals surface area contributed by atoms with Crippen LogP contribution in [0.25, 0.3) is 17.2 Å². The Hall–Kier alpha value is -4.41. The van der Waals surface area contributed by atoms with Crippen LogP contribution in [0.15, 0.2) is 47.5 Å². The van der Waals surface area contributed by atoms with Crippen molar-refractivity contribution in [3.8, 4) is 23.1 Å². The van der Waals surface area contributed by atoms with Crippen LogP contribution in [0.1, 0.15) is 60.3 Å². The van der Waals surface area contributed by atoms with Gasteiger partial charge in [0, 0.05) is 37.8 Å². The molecule has 11 heteroatoms. The van der Waals surface area contributed by atoms with Gasteiger partial charge in [-0.25, -0.2) is 8.78 Å². The van der Waals surface area contributed by atoms with Gasteiger partial charge in [0.25, 0.3) is 11.5 Å². The minimum Gasteiger partial charge on any atom is -0.493 e. The molecule has 0 spiro atoms. The first-order valence-corrected chi connectivity index (χ1v) is 13.4. The van der Waals surface area contributed by atoms with Crippen molar-refractivity contribution in [1.82, 2.24) is 29.2 Å². The molecular weight excluding hydrogens is 518 g/mol. The summed E-state index contributed by atoms with van der Waals surface area (Å²) in [5, 5.41) is 16.2. The number of para-hydroxylation sites is 1. The molecular formula is C29H30F2N6O3. The van der Waals surface area contributed by atoms with Crippen LogP contribution in [-0.4, -0.2) is 53.3 Å². The number of carbonyl (C=O) groups excluding carboxylic acids is 1. The SMILES string of the molecule is CCc1cccc(CC)c1-n1c(-c2ccn(CC)n2)nc(=O)c(C(=O)N2CCC(c3ncc(F)cc3F)C2)c1O. The maximum atomic E-state index is 14.4. The molecule has 1 fully saturated rings. The highest BCUT2D eigenvalue weighted by atomic mass is 19.1. The van der Waals surface area contributed by atoms with Gasteiger partial charge < -0.3 is 10.0 Å². The fourth-order valence-electron chi connectivity index (χ4n) is 5.29. The number of halogens is 2. The summed E-state index contributed by atoms with van der Waals surface area (Å²) in [6.07, 6.45) is 4.32. The number of hydrogen-bond acceptors (Lipinski definition) is 6. The van der Waals surface area contributed by atoms with Crippen molar-refractivity contribution in [2.24, 2.45) is 0 Å². The molecule has 1 aromatic carbocycles. The third kappa shape index (κ3) is 4.76. The van der Waals surface area contributed by atoms with Crippen molar-refractivity contribution >= 4 is 5.91 Å². The number of rotatable bonds is 7. The normalized spacial score (nSPS) is 15.1. The zero-order chi connectivity index (χ0) is 28.6. The van der Waals surface area contributed by atoms with Crippen molar-refractivity contribution in [3.63, 3.8) is 0 Å². The molecule has 5 rings (SSSR count). The lowest BCUT2D eigenvalue weighted by Gasteiger charge is -2.22. The van der Waals surface area contributed by atoms with E-state index in [1.165, 1.54) is 9.47 Å². The average Bonchev–Trinajstić information content (AvgIpc) is 3.63. The van der Waals surface area contributed by atoms with Gasteiger partial charge in [-0.15, -0.1) is 0 Å². The quantitative estimate of drug-likeness (QED) is 0.370. The van der Waals surface area contributed by atoms with E-state index in [-0.39, 0.29) is 24.6 Å². The van der Waals surface area contributed by atoms with Gasteiger partial charge in [-0.2, -0.15) is 10.1 Å². The maximum absolute atomic E-state index is 14.4. The molecule has 4 heterocycles. The highest BCUT2D eigenvalue weighted by molar-refractivity contribution is 5.96. The fourth-order valence-corrected chi connectivity index (χ4v) is 5.29. The molecule has 1 amide bonds. The van der Waals surface area contributed by atoms with Gasteiger partial charge in [0.2, 0.25) is 5.88 Å². The summed E-state index contributed by atoms with van der Waals surface area (Å²) in [7, 11) is 0. The summed E-state index contributed by atoms with van der Waals surface area (Å²) < 4.78 is 30.9. The molecule has 1 aliphatic heterocycles. The molecule has 1 atom stereocenters. The lowest BCUT2D eigenvalue weighted by atomic mass is 10.0. The first-order valence-electron chi connectivity index (χ1n) is 13.4.